The van der Waals surface area contributed by atoms with Crippen LogP contribution in [0, 0.1) is 0 Å². The van der Waals surface area contributed by atoms with Crippen LogP contribution in [-0.4, -0.2) is 76.2 Å². The molecule has 0 spiro atoms. The molecule has 8 bridgehead atoms. The first kappa shape index (κ1) is 122. The Morgan fingerprint density at radius 2 is 0.301 bits per heavy atom. The Morgan fingerprint density at radius 3 is 0.412 bits per heavy atom. The van der Waals surface area contributed by atoms with E-state index < -0.39 is 0 Å². The largest absolute Gasteiger partial charge is 0.481 e. The first-order valence-corrected chi connectivity index (χ1v) is 60.0. The van der Waals surface area contributed by atoms with Crippen molar-refractivity contribution >= 4 is 70.7 Å². The number of carbonyl (C=O) groups is 4. The summed E-state index contributed by atoms with van der Waals surface area (Å²) in [6.45, 7) is 37.3. The molecule has 4 aromatic rings. The zero-order chi connectivity index (χ0) is 98.6. The van der Waals surface area contributed by atoms with Crippen molar-refractivity contribution in [1.82, 2.24) is 21.3 Å². The standard InChI is InChI=1S/C120H204N4O8S4/c1-17-21-25-29-33-37-41-45-49-53-57-61-65-69-73-77-81-121-109(125)93-129-113-101-85-97(117(5,6)7)86-102(113)134-104-88-99(119(11,12)13)90-106(115(104)131-95-111(127)123-83-79-75-71-67-63-59-55-51-47-43-39-35-31-27-23-19-3)136-108-92-100(120(14,15)16)91-107(116(108)132-96-112(128)124-84-80-76-72-68-64-60-56-52-48-44-40-36-32-28-24-20-4)135-105-89-98(118(8,9)10)87-103(133-101)114(105)130-94-110(126)122-82-78-74-70-66-62-58-54-50-46-42-38-34-30-26-22-18-2/h85-92H,17-84,93-96H2,1-16H3,(H,121,125)(H,122,126)(H,123,127)(H,124,128). The lowest BCUT2D eigenvalue weighted by molar-refractivity contribution is -0.123. The molecule has 136 heavy (non-hydrogen) atoms. The SMILES string of the molecule is CCCCCCCCCCCCCCCCCCNC(=O)COc1c2cc(C(C)(C)C)cc1Sc1cc(C(C)(C)C)cc(c1OCC(=O)NCCCCCCCCCCCCCCCCCC)Sc1cc(C(C)(C)C)cc(c1OCC(=O)NCCCCCCCCCCCCCCCCCC)Sc1cc(C(C)(C)C)cc(c1OCC(=O)NCCCCCCCCCCCCCCCCCC)S2. The highest BCUT2D eigenvalue weighted by Gasteiger charge is 2.32. The summed E-state index contributed by atoms with van der Waals surface area (Å²) in [4.78, 5) is 64.5. The van der Waals surface area contributed by atoms with Crippen LogP contribution in [0.25, 0.3) is 0 Å². The Labute approximate surface area is 852 Å². The van der Waals surface area contributed by atoms with Crippen molar-refractivity contribution in [3.8, 4) is 23.0 Å². The van der Waals surface area contributed by atoms with Gasteiger partial charge in [-0.15, -0.1) is 0 Å². The molecule has 0 radical (unpaired) electrons. The number of hydrogen-bond acceptors (Lipinski definition) is 12. The summed E-state index contributed by atoms with van der Waals surface area (Å²) in [6, 6.07) is 17.8. The second-order valence-corrected chi connectivity index (χ2v) is 48.7. The monoisotopic (exact) mass is 1960 g/mol. The van der Waals surface area contributed by atoms with E-state index in [0.29, 0.717) is 49.2 Å². The molecule has 0 saturated carbocycles. The minimum Gasteiger partial charge on any atom is -0.481 e. The average molecular weight is 1960 g/mol. The molecule has 776 valence electrons. The van der Waals surface area contributed by atoms with Crippen LogP contribution in [0.3, 0.4) is 0 Å². The van der Waals surface area contributed by atoms with E-state index in [1.165, 1.54) is 381 Å². The maximum absolute atomic E-state index is 14.6. The van der Waals surface area contributed by atoms with Gasteiger partial charge in [-0.25, -0.2) is 0 Å². The van der Waals surface area contributed by atoms with E-state index in [2.05, 4.69) is 181 Å². The Morgan fingerprint density at radius 1 is 0.191 bits per heavy atom. The number of hydrogen-bond donors (Lipinski definition) is 4. The third-order valence-electron chi connectivity index (χ3n) is 27.2. The molecule has 4 N–H and O–H groups in total. The molecule has 0 aliphatic carbocycles. The summed E-state index contributed by atoms with van der Waals surface area (Å²) < 4.78 is 28.7. The minimum absolute atomic E-state index is 0.192. The van der Waals surface area contributed by atoms with Crippen LogP contribution in [0.1, 0.15) is 544 Å². The van der Waals surface area contributed by atoms with Crippen LogP contribution in [0.2, 0.25) is 0 Å². The Bertz CT molecular complexity index is 3230. The van der Waals surface area contributed by atoms with Gasteiger partial charge in [0.2, 0.25) is 0 Å². The summed E-state index contributed by atoms with van der Waals surface area (Å²) in [5.41, 5.74) is 2.69. The van der Waals surface area contributed by atoms with Gasteiger partial charge in [-0.3, -0.25) is 19.2 Å². The third kappa shape index (κ3) is 55.8. The van der Waals surface area contributed by atoms with Crippen molar-refractivity contribution < 1.29 is 38.1 Å². The molecule has 0 unspecified atom stereocenters. The molecule has 1 heterocycles. The first-order valence-electron chi connectivity index (χ1n) is 56.7. The van der Waals surface area contributed by atoms with Crippen LogP contribution in [0.4, 0.5) is 0 Å². The highest BCUT2D eigenvalue weighted by molar-refractivity contribution is 8.01. The molecule has 5 rings (SSSR count). The quantitative estimate of drug-likeness (QED) is 0.0274. The lowest BCUT2D eigenvalue weighted by atomic mass is 9.87. The van der Waals surface area contributed by atoms with E-state index >= 15 is 0 Å². The van der Waals surface area contributed by atoms with Gasteiger partial charge in [-0.05, 0) is 118 Å². The third-order valence-corrected chi connectivity index (χ3v) is 31.4. The first-order chi connectivity index (χ1) is 65.7. The van der Waals surface area contributed by atoms with Crippen LogP contribution in [-0.2, 0) is 40.8 Å². The lowest BCUT2D eigenvalue weighted by Crippen LogP contribution is -2.30. The topological polar surface area (TPSA) is 153 Å². The van der Waals surface area contributed by atoms with E-state index in [0.717, 1.165) is 138 Å². The predicted molar refractivity (Wildman–Crippen MR) is 589 cm³/mol. The van der Waals surface area contributed by atoms with Crippen molar-refractivity contribution in [3.05, 3.63) is 70.8 Å². The van der Waals surface area contributed by atoms with Crippen LogP contribution < -0.4 is 40.2 Å². The normalized spacial score (nSPS) is 12.5. The van der Waals surface area contributed by atoms with Gasteiger partial charge < -0.3 is 40.2 Å². The molecule has 0 atom stereocenters. The molecule has 4 amide bonds. The highest BCUT2D eigenvalue weighted by atomic mass is 32.2. The summed E-state index contributed by atoms with van der Waals surface area (Å²) in [7, 11) is 0. The molecule has 16 heteroatoms. The molecule has 12 nitrogen and oxygen atoms in total. The highest BCUT2D eigenvalue weighted by Crippen LogP contribution is 2.57. The van der Waals surface area contributed by atoms with Crippen molar-refractivity contribution in [2.45, 2.75) is 583 Å². The van der Waals surface area contributed by atoms with Gasteiger partial charge in [-0.2, -0.15) is 0 Å². The van der Waals surface area contributed by atoms with Gasteiger partial charge in [0.1, 0.15) is 23.0 Å². The van der Waals surface area contributed by atoms with Crippen LogP contribution in [0.5, 0.6) is 23.0 Å². The molecule has 1 aliphatic rings. The second kappa shape index (κ2) is 74.3. The molecule has 0 fully saturated rings. The smallest absolute Gasteiger partial charge is 0.257 e. The van der Waals surface area contributed by atoms with Gasteiger partial charge >= 0.3 is 0 Å². The molecule has 0 saturated heterocycles. The zero-order valence-corrected chi connectivity index (χ0v) is 93.7. The number of unbranched alkanes of at least 4 members (excludes halogenated alkanes) is 60. The van der Waals surface area contributed by atoms with Crippen molar-refractivity contribution in [2.75, 3.05) is 52.6 Å². The molecular weight excluding hydrogens is 1750 g/mol. The molecule has 4 aromatic carbocycles. The Balaban J connectivity index is 1.56. The lowest BCUT2D eigenvalue weighted by Gasteiger charge is -2.28. The number of fused-ring (bicyclic) bond motifs is 8. The van der Waals surface area contributed by atoms with Crippen molar-refractivity contribution in [1.29, 1.82) is 0 Å². The molecule has 0 aromatic heterocycles. The summed E-state index contributed by atoms with van der Waals surface area (Å²) in [5, 5.41) is 13.1. The van der Waals surface area contributed by atoms with E-state index in [9.17, 15) is 19.2 Å². The van der Waals surface area contributed by atoms with Gasteiger partial charge in [0, 0.05) is 26.2 Å². The van der Waals surface area contributed by atoms with Gasteiger partial charge in [0.15, 0.2) is 26.4 Å². The summed E-state index contributed by atoms with van der Waals surface area (Å²) >= 11 is 6.13. The van der Waals surface area contributed by atoms with Crippen LogP contribution >= 0.6 is 47.0 Å². The Kier molecular flexibility index (Phi) is 66.6. The molecule has 1 aliphatic heterocycles. The minimum atomic E-state index is -0.378. The number of nitrogens with one attached hydrogen (secondary N) is 4. The predicted octanol–water partition coefficient (Wildman–Crippen LogP) is 36.8. The number of rotatable bonds is 80. The fraction of sp³-hybridized carbons (Fsp3) is 0.767. The van der Waals surface area contributed by atoms with Gasteiger partial charge in [0.25, 0.3) is 23.6 Å². The fourth-order valence-electron chi connectivity index (χ4n) is 18.0. The number of amides is 4. The second-order valence-electron chi connectivity index (χ2n) is 44.4. The summed E-state index contributed by atoms with van der Waals surface area (Å²) in [6.07, 6.45) is 82.1. The average Bonchev–Trinajstić information content (AvgIpc) is 0.758. The van der Waals surface area contributed by atoms with E-state index in [1.54, 1.807) is 0 Å². The van der Waals surface area contributed by atoms with Crippen molar-refractivity contribution in [3.63, 3.8) is 0 Å². The number of carbonyl (C=O) groups excluding carboxylic acids is 4. The van der Waals surface area contributed by atoms with Gasteiger partial charge in [0.05, 0.1) is 39.2 Å². The molecular formula is C120H204N4O8S4. The van der Waals surface area contributed by atoms with Crippen molar-refractivity contribution in [2.24, 2.45) is 0 Å². The summed E-state index contributed by atoms with van der Waals surface area (Å²) in [5.74, 6) is 1.37. The van der Waals surface area contributed by atoms with Crippen LogP contribution in [0.15, 0.2) is 87.7 Å². The van der Waals surface area contributed by atoms with E-state index in [1.807, 2.05) is 0 Å². The van der Waals surface area contributed by atoms with Gasteiger partial charge in [-0.1, -0.05) is 543 Å². The number of ether oxygens (including phenoxy) is 4. The number of benzene rings is 4. The fourth-order valence-corrected chi connectivity index (χ4v) is 22.8. The van der Waals surface area contributed by atoms with E-state index in [-0.39, 0.29) is 71.7 Å². The maximum atomic E-state index is 14.6. The Hall–Kier alpha value is -4.64. The zero-order valence-electron chi connectivity index (χ0n) is 90.4. The maximum Gasteiger partial charge on any atom is 0.257 e. The van der Waals surface area contributed by atoms with E-state index in [4.69, 9.17) is 18.9 Å².